The number of carbonyl (C=O) groups is 3. The third-order valence-corrected chi connectivity index (χ3v) is 3.80. The van der Waals surface area contributed by atoms with Crippen LogP contribution < -0.4 is 0 Å². The summed E-state index contributed by atoms with van der Waals surface area (Å²) in [6, 6.07) is -0.840. The highest BCUT2D eigenvalue weighted by molar-refractivity contribution is 5.91. The molecule has 6 nitrogen and oxygen atoms in total. The first-order chi connectivity index (χ1) is 9.24. The fraction of sp³-hybridized carbons (Fsp3) is 0.786. The molecule has 2 rings (SSSR count). The van der Waals surface area contributed by atoms with Gasteiger partial charge in [-0.15, -0.1) is 0 Å². The number of hydrogen-bond acceptors (Lipinski definition) is 5. The van der Waals surface area contributed by atoms with Crippen molar-refractivity contribution in [3.05, 3.63) is 0 Å². The van der Waals surface area contributed by atoms with Gasteiger partial charge in [0.1, 0.15) is 5.60 Å². The van der Waals surface area contributed by atoms with E-state index in [1.807, 2.05) is 0 Å². The van der Waals surface area contributed by atoms with Crippen LogP contribution >= 0.6 is 0 Å². The molecular formula is C14H21NO5. The zero-order valence-electron chi connectivity index (χ0n) is 12.3. The van der Waals surface area contributed by atoms with Crippen LogP contribution in [-0.2, 0) is 19.1 Å². The van der Waals surface area contributed by atoms with E-state index in [1.165, 1.54) is 12.0 Å². The molecule has 2 aliphatic heterocycles. The van der Waals surface area contributed by atoms with E-state index in [0.717, 1.165) is 0 Å². The van der Waals surface area contributed by atoms with E-state index >= 15 is 0 Å². The van der Waals surface area contributed by atoms with Gasteiger partial charge in [0.25, 0.3) is 0 Å². The number of nitrogens with zero attached hydrogens (tertiary/aromatic N) is 1. The molecule has 0 spiro atoms. The second kappa shape index (κ2) is 5.07. The minimum atomic E-state index is -0.627. The molecule has 0 aliphatic carbocycles. The quantitative estimate of drug-likeness (QED) is 0.682. The molecule has 112 valence electrons. The highest BCUT2D eigenvalue weighted by Gasteiger charge is 2.53. The van der Waals surface area contributed by atoms with Crippen LogP contribution in [0.25, 0.3) is 0 Å². The number of esters is 1. The SMILES string of the molecule is COC(=O)C1CC2C(=O)CCC1N2C(=O)OC(C)(C)C. The second-order valence-electron chi connectivity index (χ2n) is 6.34. The highest BCUT2D eigenvalue weighted by atomic mass is 16.6. The molecule has 20 heavy (non-hydrogen) atoms. The fourth-order valence-corrected chi connectivity index (χ4v) is 3.00. The Balaban J connectivity index is 2.22. The third-order valence-electron chi connectivity index (χ3n) is 3.80. The van der Waals surface area contributed by atoms with E-state index in [0.29, 0.717) is 19.3 Å². The molecular weight excluding hydrogens is 262 g/mol. The Morgan fingerprint density at radius 2 is 1.95 bits per heavy atom. The Morgan fingerprint density at radius 1 is 1.30 bits per heavy atom. The minimum Gasteiger partial charge on any atom is -0.469 e. The topological polar surface area (TPSA) is 72.9 Å². The van der Waals surface area contributed by atoms with Crippen LogP contribution in [0.1, 0.15) is 40.0 Å². The number of hydrogen-bond donors (Lipinski definition) is 0. The van der Waals surface area contributed by atoms with Gasteiger partial charge >= 0.3 is 12.1 Å². The lowest BCUT2D eigenvalue weighted by Gasteiger charge is -2.35. The molecule has 0 N–H and O–H groups in total. The molecule has 0 saturated carbocycles. The molecule has 1 amide bonds. The number of piperidine rings is 1. The predicted octanol–water partition coefficient (Wildman–Crippen LogP) is 1.52. The minimum absolute atomic E-state index is 0.00138. The molecule has 2 bridgehead atoms. The average molecular weight is 283 g/mol. The largest absolute Gasteiger partial charge is 0.469 e. The van der Waals surface area contributed by atoms with Gasteiger partial charge in [0.05, 0.1) is 19.1 Å². The second-order valence-corrected chi connectivity index (χ2v) is 6.34. The van der Waals surface area contributed by atoms with E-state index in [-0.39, 0.29) is 17.8 Å². The number of carbonyl (C=O) groups excluding carboxylic acids is 3. The molecule has 2 fully saturated rings. The van der Waals surface area contributed by atoms with Gasteiger partial charge in [-0.3, -0.25) is 14.5 Å². The molecule has 2 heterocycles. The molecule has 3 atom stereocenters. The summed E-state index contributed by atoms with van der Waals surface area (Å²) in [4.78, 5) is 37.5. The molecule has 0 aromatic rings. The van der Waals surface area contributed by atoms with Gasteiger partial charge in [-0.1, -0.05) is 0 Å². The van der Waals surface area contributed by atoms with Crippen LogP contribution in [0.3, 0.4) is 0 Å². The van der Waals surface area contributed by atoms with Gasteiger partial charge in [0.2, 0.25) is 0 Å². The lowest BCUT2D eigenvalue weighted by atomic mass is 9.98. The summed E-state index contributed by atoms with van der Waals surface area (Å²) in [6.45, 7) is 5.32. The van der Waals surface area contributed by atoms with Crippen molar-refractivity contribution in [2.45, 2.75) is 57.7 Å². The summed E-state index contributed by atoms with van der Waals surface area (Å²) in [7, 11) is 1.32. The molecule has 0 aromatic heterocycles. The fourth-order valence-electron chi connectivity index (χ4n) is 3.00. The number of ketones is 1. The smallest absolute Gasteiger partial charge is 0.411 e. The number of methoxy groups -OCH3 is 1. The Morgan fingerprint density at radius 3 is 2.50 bits per heavy atom. The molecule has 0 aromatic carbocycles. The van der Waals surface area contributed by atoms with Crippen LogP contribution in [0.5, 0.6) is 0 Å². The normalized spacial score (nSPS) is 29.3. The number of Topliss-reactive ketones (excluding diaryl/α,β-unsaturated/α-hetero) is 1. The molecule has 0 radical (unpaired) electrons. The van der Waals surface area contributed by atoms with E-state index in [9.17, 15) is 14.4 Å². The lowest BCUT2D eigenvalue weighted by molar-refractivity contribution is -0.146. The van der Waals surface area contributed by atoms with Gasteiger partial charge in [-0.05, 0) is 33.6 Å². The van der Waals surface area contributed by atoms with E-state index in [1.54, 1.807) is 20.8 Å². The maximum atomic E-state index is 12.3. The van der Waals surface area contributed by atoms with Gasteiger partial charge < -0.3 is 9.47 Å². The number of rotatable bonds is 1. The summed E-state index contributed by atoms with van der Waals surface area (Å²) in [6.07, 6.45) is 0.721. The maximum Gasteiger partial charge on any atom is 0.411 e. The first-order valence-corrected chi connectivity index (χ1v) is 6.86. The number of ether oxygens (including phenoxy) is 2. The first-order valence-electron chi connectivity index (χ1n) is 6.86. The van der Waals surface area contributed by atoms with Crippen LogP contribution in [0.15, 0.2) is 0 Å². The third kappa shape index (κ3) is 2.64. The first kappa shape index (κ1) is 14.8. The molecule has 2 saturated heterocycles. The highest BCUT2D eigenvalue weighted by Crippen LogP contribution is 2.39. The average Bonchev–Trinajstić information content (AvgIpc) is 2.64. The van der Waals surface area contributed by atoms with Crippen molar-refractivity contribution in [1.29, 1.82) is 0 Å². The summed E-state index contributed by atoms with van der Waals surface area (Å²) in [5.74, 6) is -0.789. The Labute approximate surface area is 118 Å². The Hall–Kier alpha value is -1.59. The zero-order chi connectivity index (χ0) is 15.1. The van der Waals surface area contributed by atoms with E-state index in [2.05, 4.69) is 0 Å². The van der Waals surface area contributed by atoms with E-state index < -0.39 is 23.7 Å². The van der Waals surface area contributed by atoms with Crippen molar-refractivity contribution in [2.24, 2.45) is 5.92 Å². The van der Waals surface area contributed by atoms with Crippen molar-refractivity contribution < 1.29 is 23.9 Å². The number of amides is 1. The van der Waals surface area contributed by atoms with Crippen LogP contribution in [0.4, 0.5) is 4.79 Å². The van der Waals surface area contributed by atoms with Gasteiger partial charge in [-0.25, -0.2) is 4.79 Å². The Bertz CT molecular complexity index is 439. The lowest BCUT2D eigenvalue weighted by Crippen LogP contribution is -2.51. The van der Waals surface area contributed by atoms with Crippen molar-refractivity contribution in [3.8, 4) is 0 Å². The van der Waals surface area contributed by atoms with E-state index in [4.69, 9.17) is 9.47 Å². The number of fused-ring (bicyclic) bond motifs is 2. The summed E-state index contributed by atoms with van der Waals surface area (Å²) in [5, 5.41) is 0. The van der Waals surface area contributed by atoms with Crippen LogP contribution in [0.2, 0.25) is 0 Å². The molecule has 2 aliphatic rings. The summed E-state index contributed by atoms with van der Waals surface area (Å²) >= 11 is 0. The predicted molar refractivity (Wildman–Crippen MR) is 70.0 cm³/mol. The molecule has 3 unspecified atom stereocenters. The van der Waals surface area contributed by atoms with Gasteiger partial charge in [0.15, 0.2) is 5.78 Å². The summed E-state index contributed by atoms with van der Waals surface area (Å²) < 4.78 is 10.1. The summed E-state index contributed by atoms with van der Waals surface area (Å²) in [5.41, 5.74) is -0.627. The van der Waals surface area contributed by atoms with Crippen molar-refractivity contribution >= 4 is 17.8 Å². The van der Waals surface area contributed by atoms with Gasteiger partial charge in [-0.2, -0.15) is 0 Å². The van der Waals surface area contributed by atoms with Crippen LogP contribution in [-0.4, -0.2) is 47.5 Å². The zero-order valence-corrected chi connectivity index (χ0v) is 12.3. The van der Waals surface area contributed by atoms with Crippen molar-refractivity contribution in [3.63, 3.8) is 0 Å². The van der Waals surface area contributed by atoms with Crippen molar-refractivity contribution in [1.82, 2.24) is 4.90 Å². The standard InChI is InChI=1S/C14H21NO5/c1-14(2,3)20-13(18)15-9-5-6-11(16)10(15)7-8(9)12(17)19-4/h8-10H,5-7H2,1-4H3. The van der Waals surface area contributed by atoms with Crippen LogP contribution in [0, 0.1) is 5.92 Å². The van der Waals surface area contributed by atoms with Gasteiger partial charge in [0, 0.05) is 12.5 Å². The Kier molecular flexibility index (Phi) is 3.75. The monoisotopic (exact) mass is 283 g/mol. The maximum absolute atomic E-state index is 12.3. The molecule has 6 heteroatoms. The van der Waals surface area contributed by atoms with Crippen molar-refractivity contribution in [2.75, 3.05) is 7.11 Å².